The van der Waals surface area contributed by atoms with E-state index in [0.717, 1.165) is 17.6 Å². The van der Waals surface area contributed by atoms with Crippen LogP contribution in [0.15, 0.2) is 30.3 Å². The van der Waals surface area contributed by atoms with Gasteiger partial charge in [0.25, 0.3) is 0 Å². The van der Waals surface area contributed by atoms with Crippen molar-refractivity contribution in [3.05, 3.63) is 41.5 Å². The molecule has 124 valence electrons. The van der Waals surface area contributed by atoms with Crippen LogP contribution in [0.25, 0.3) is 5.57 Å². The molecule has 2 rings (SSSR count). The monoisotopic (exact) mass is 316 g/mol. The van der Waals surface area contributed by atoms with Crippen LogP contribution in [0.2, 0.25) is 0 Å². The van der Waals surface area contributed by atoms with Crippen LogP contribution in [-0.4, -0.2) is 42.5 Å². The van der Waals surface area contributed by atoms with E-state index in [-0.39, 0.29) is 12.0 Å². The van der Waals surface area contributed by atoms with Gasteiger partial charge in [-0.25, -0.2) is 0 Å². The third-order valence-corrected chi connectivity index (χ3v) is 4.31. The second-order valence-electron chi connectivity index (χ2n) is 5.89. The molecule has 0 saturated carbocycles. The summed E-state index contributed by atoms with van der Waals surface area (Å²) in [7, 11) is 1.58. The van der Waals surface area contributed by atoms with E-state index in [0.29, 0.717) is 13.0 Å². The van der Waals surface area contributed by atoms with Gasteiger partial charge >= 0.3 is 0 Å². The van der Waals surface area contributed by atoms with Crippen molar-refractivity contribution in [2.45, 2.75) is 38.8 Å². The second kappa shape index (κ2) is 7.42. The van der Waals surface area contributed by atoms with Gasteiger partial charge in [-0.15, -0.1) is 0 Å². The third kappa shape index (κ3) is 3.99. The largest absolute Gasteiger partial charge is 0.380 e. The molecule has 1 heterocycles. The minimum atomic E-state index is -0.597. The smallest absolute Gasteiger partial charge is 0.247 e. The van der Waals surface area contributed by atoms with Gasteiger partial charge in [0.15, 0.2) is 0 Å². The topological polar surface area (TPSA) is 72.6 Å². The van der Waals surface area contributed by atoms with Gasteiger partial charge in [-0.2, -0.15) is 0 Å². The Morgan fingerprint density at radius 2 is 2.00 bits per heavy atom. The van der Waals surface area contributed by atoms with Crippen LogP contribution in [0, 0.1) is 6.92 Å². The Balaban J connectivity index is 2.23. The molecule has 5 heteroatoms. The molecule has 2 atom stereocenters. The van der Waals surface area contributed by atoms with Gasteiger partial charge in [0, 0.05) is 26.2 Å². The second-order valence-corrected chi connectivity index (χ2v) is 5.89. The molecule has 0 aliphatic carbocycles. The van der Waals surface area contributed by atoms with Crippen molar-refractivity contribution in [3.63, 3.8) is 0 Å². The number of amides is 2. The molecule has 1 fully saturated rings. The summed E-state index contributed by atoms with van der Waals surface area (Å²) in [4.78, 5) is 25.7. The molecule has 1 aliphatic rings. The maximum absolute atomic E-state index is 12.6. The first-order valence-electron chi connectivity index (χ1n) is 7.86. The Bertz CT molecular complexity index is 607. The SMILES string of the molecule is CC/C(=C\C(=O)N1C[C@@H](OC)C[C@H]1C(N)=O)c1ccc(C)cc1. The molecule has 5 nitrogen and oxygen atoms in total. The Hall–Kier alpha value is -2.14. The zero-order valence-electron chi connectivity index (χ0n) is 13.9. The quantitative estimate of drug-likeness (QED) is 0.843. The minimum Gasteiger partial charge on any atom is -0.380 e. The van der Waals surface area contributed by atoms with Crippen LogP contribution >= 0.6 is 0 Å². The van der Waals surface area contributed by atoms with Crippen molar-refractivity contribution in [1.29, 1.82) is 0 Å². The summed E-state index contributed by atoms with van der Waals surface area (Å²) >= 11 is 0. The molecule has 1 saturated heterocycles. The predicted octanol–water partition coefficient (Wildman–Crippen LogP) is 1.89. The molecule has 0 spiro atoms. The summed E-state index contributed by atoms with van der Waals surface area (Å²) in [5.74, 6) is -0.676. The van der Waals surface area contributed by atoms with Crippen LogP contribution in [0.4, 0.5) is 0 Å². The van der Waals surface area contributed by atoms with Gasteiger partial charge in [-0.1, -0.05) is 36.8 Å². The summed E-state index contributed by atoms with van der Waals surface area (Å²) < 4.78 is 5.28. The highest BCUT2D eigenvalue weighted by molar-refractivity contribution is 5.98. The van der Waals surface area contributed by atoms with E-state index in [9.17, 15) is 9.59 Å². The molecule has 0 bridgehead atoms. The fraction of sp³-hybridized carbons (Fsp3) is 0.444. The van der Waals surface area contributed by atoms with E-state index in [1.807, 2.05) is 38.1 Å². The number of nitrogens with two attached hydrogens (primary N) is 1. The number of methoxy groups -OCH3 is 1. The van der Waals surface area contributed by atoms with Crippen molar-refractivity contribution in [2.75, 3.05) is 13.7 Å². The molecule has 1 aliphatic heterocycles. The van der Waals surface area contributed by atoms with Crippen molar-refractivity contribution in [3.8, 4) is 0 Å². The normalized spacial score (nSPS) is 21.5. The third-order valence-electron chi connectivity index (χ3n) is 4.31. The Morgan fingerprint density at radius 3 is 2.52 bits per heavy atom. The molecule has 1 aromatic carbocycles. The van der Waals surface area contributed by atoms with Gasteiger partial charge in [0.1, 0.15) is 6.04 Å². The Labute approximate surface area is 137 Å². The fourth-order valence-corrected chi connectivity index (χ4v) is 2.87. The molecule has 1 aromatic rings. The van der Waals surface area contributed by atoms with E-state index >= 15 is 0 Å². The first kappa shape index (κ1) is 17.2. The number of rotatable bonds is 5. The molecule has 2 N–H and O–H groups in total. The summed E-state index contributed by atoms with van der Waals surface area (Å²) in [6.07, 6.45) is 2.66. The first-order chi connectivity index (χ1) is 11.0. The van der Waals surface area contributed by atoms with E-state index in [1.54, 1.807) is 13.2 Å². The van der Waals surface area contributed by atoms with Crippen LogP contribution in [-0.2, 0) is 14.3 Å². The zero-order valence-corrected chi connectivity index (χ0v) is 13.9. The lowest BCUT2D eigenvalue weighted by atomic mass is 10.0. The Morgan fingerprint density at radius 1 is 1.35 bits per heavy atom. The van der Waals surface area contributed by atoms with Gasteiger partial charge in [-0.05, 0) is 24.5 Å². The number of carbonyl (C=O) groups excluding carboxylic acids is 2. The van der Waals surface area contributed by atoms with E-state index in [2.05, 4.69) is 0 Å². The van der Waals surface area contributed by atoms with E-state index in [4.69, 9.17) is 10.5 Å². The summed E-state index contributed by atoms with van der Waals surface area (Å²) in [5.41, 5.74) is 8.56. The van der Waals surface area contributed by atoms with Crippen LogP contribution < -0.4 is 5.73 Å². The number of hydrogen-bond donors (Lipinski definition) is 1. The Kier molecular flexibility index (Phi) is 5.55. The number of allylic oxidation sites excluding steroid dienone is 1. The van der Waals surface area contributed by atoms with Gasteiger partial charge in [-0.3, -0.25) is 9.59 Å². The van der Waals surface area contributed by atoms with E-state index < -0.39 is 11.9 Å². The maximum Gasteiger partial charge on any atom is 0.247 e. The first-order valence-corrected chi connectivity index (χ1v) is 7.86. The summed E-state index contributed by atoms with van der Waals surface area (Å²) in [5, 5.41) is 0. The lowest BCUT2D eigenvalue weighted by molar-refractivity contribution is -0.133. The van der Waals surface area contributed by atoms with Gasteiger partial charge in [0.2, 0.25) is 11.8 Å². The standard InChI is InChI=1S/C18H24N2O3/c1-4-13(14-7-5-12(2)6-8-14)9-17(21)20-11-15(23-3)10-16(20)18(19)22/h5-9,15-16H,4,10-11H2,1-3H3,(H2,19,22)/b13-9+/t15-,16-/m0/s1. The van der Waals surface area contributed by atoms with Crippen LogP contribution in [0.5, 0.6) is 0 Å². The number of hydrogen-bond acceptors (Lipinski definition) is 3. The highest BCUT2D eigenvalue weighted by atomic mass is 16.5. The number of nitrogens with zero attached hydrogens (tertiary/aromatic N) is 1. The number of aryl methyl sites for hydroxylation is 1. The number of ether oxygens (including phenoxy) is 1. The number of carbonyl (C=O) groups is 2. The molecule has 23 heavy (non-hydrogen) atoms. The average molecular weight is 316 g/mol. The average Bonchev–Trinajstić information content (AvgIpc) is 2.98. The zero-order chi connectivity index (χ0) is 17.0. The number of primary amides is 1. The van der Waals surface area contributed by atoms with Gasteiger partial charge < -0.3 is 15.4 Å². The predicted molar refractivity (Wildman–Crippen MR) is 89.6 cm³/mol. The summed E-state index contributed by atoms with van der Waals surface area (Å²) in [6.45, 7) is 4.42. The molecule has 0 aromatic heterocycles. The molecular weight excluding hydrogens is 292 g/mol. The van der Waals surface area contributed by atoms with Crippen molar-refractivity contribution >= 4 is 17.4 Å². The lowest BCUT2D eigenvalue weighted by Gasteiger charge is -2.21. The molecule has 0 radical (unpaired) electrons. The fourth-order valence-electron chi connectivity index (χ4n) is 2.87. The molecule has 0 unspecified atom stereocenters. The van der Waals surface area contributed by atoms with Gasteiger partial charge in [0.05, 0.1) is 6.10 Å². The highest BCUT2D eigenvalue weighted by Gasteiger charge is 2.38. The summed E-state index contributed by atoms with van der Waals surface area (Å²) in [6, 6.07) is 7.45. The van der Waals surface area contributed by atoms with Crippen molar-refractivity contribution < 1.29 is 14.3 Å². The van der Waals surface area contributed by atoms with E-state index in [1.165, 1.54) is 10.5 Å². The number of likely N-dealkylation sites (tertiary alicyclic amines) is 1. The van der Waals surface area contributed by atoms with Crippen LogP contribution in [0.1, 0.15) is 30.9 Å². The van der Waals surface area contributed by atoms with Crippen molar-refractivity contribution in [2.24, 2.45) is 5.73 Å². The molecular formula is C18H24N2O3. The minimum absolute atomic E-state index is 0.144. The lowest BCUT2D eigenvalue weighted by Crippen LogP contribution is -2.43. The molecule has 2 amide bonds. The van der Waals surface area contributed by atoms with Crippen molar-refractivity contribution in [1.82, 2.24) is 4.90 Å². The highest BCUT2D eigenvalue weighted by Crippen LogP contribution is 2.23. The number of benzene rings is 1. The maximum atomic E-state index is 12.6. The van der Waals surface area contributed by atoms with Crippen LogP contribution in [0.3, 0.4) is 0 Å².